The number of hydrogen-bond donors (Lipinski definition) is 0. The van der Waals surface area contributed by atoms with E-state index in [9.17, 15) is 4.79 Å². The number of aromatic nitrogens is 3. The monoisotopic (exact) mass is 265 g/mol. The third-order valence-electron chi connectivity index (χ3n) is 2.31. The van der Waals surface area contributed by atoms with Crippen molar-refractivity contribution in [1.29, 1.82) is 0 Å². The molecule has 0 fully saturated rings. The summed E-state index contributed by atoms with van der Waals surface area (Å²) in [4.78, 5) is 12.3. The van der Waals surface area contributed by atoms with Crippen LogP contribution in [0.5, 0.6) is 0 Å². The van der Waals surface area contributed by atoms with Crippen LogP contribution in [0, 0.1) is 0 Å². The summed E-state index contributed by atoms with van der Waals surface area (Å²) in [7, 11) is 0. The number of ether oxygens (including phenoxy) is 1. The quantitative estimate of drug-likeness (QED) is 0.801. The first-order valence-corrected chi connectivity index (χ1v) is 5.79. The first kappa shape index (κ1) is 12.6. The molecule has 6 heteroatoms. The predicted octanol–water partition coefficient (Wildman–Crippen LogP) is 2.54. The van der Waals surface area contributed by atoms with Gasteiger partial charge in [0.05, 0.1) is 11.9 Å². The zero-order valence-electron chi connectivity index (χ0n) is 10.0. The first-order valence-electron chi connectivity index (χ1n) is 5.41. The molecule has 1 aromatic heterocycles. The molecular weight excluding hydrogens is 254 g/mol. The van der Waals surface area contributed by atoms with Crippen molar-refractivity contribution in [3.63, 3.8) is 0 Å². The van der Waals surface area contributed by atoms with Crippen LogP contribution >= 0.6 is 11.6 Å². The highest BCUT2D eigenvalue weighted by molar-refractivity contribution is 6.30. The van der Waals surface area contributed by atoms with Crippen LogP contribution in [0.15, 0.2) is 30.5 Å². The number of nitrogens with zero attached hydrogens (tertiary/aromatic N) is 3. The molecule has 1 heterocycles. The molecule has 5 nitrogen and oxygen atoms in total. The van der Waals surface area contributed by atoms with Crippen LogP contribution in [0.25, 0.3) is 5.69 Å². The molecule has 0 saturated carbocycles. The Kier molecular flexibility index (Phi) is 3.62. The van der Waals surface area contributed by atoms with Crippen LogP contribution in [-0.4, -0.2) is 21.0 Å². The zero-order valence-corrected chi connectivity index (χ0v) is 10.8. The lowest BCUT2D eigenvalue weighted by molar-refractivity contribution is -0.146. The first-order chi connectivity index (χ1) is 8.56. The summed E-state index contributed by atoms with van der Waals surface area (Å²) in [6.45, 7) is 3.10. The maximum atomic E-state index is 10.9. The van der Waals surface area contributed by atoms with E-state index < -0.39 is 6.10 Å². The van der Waals surface area contributed by atoms with Crippen molar-refractivity contribution in [2.24, 2.45) is 0 Å². The van der Waals surface area contributed by atoms with E-state index in [1.54, 1.807) is 25.3 Å². The Morgan fingerprint density at radius 2 is 2.28 bits per heavy atom. The van der Waals surface area contributed by atoms with Crippen molar-refractivity contribution in [1.82, 2.24) is 15.0 Å². The van der Waals surface area contributed by atoms with Gasteiger partial charge in [0, 0.05) is 11.9 Å². The normalized spacial score (nSPS) is 12.2. The van der Waals surface area contributed by atoms with Gasteiger partial charge < -0.3 is 4.74 Å². The fraction of sp³-hybridized carbons (Fsp3) is 0.250. The van der Waals surface area contributed by atoms with Crippen molar-refractivity contribution in [3.05, 3.63) is 41.2 Å². The maximum absolute atomic E-state index is 10.9. The molecule has 1 atom stereocenters. The molecule has 1 aromatic carbocycles. The van der Waals surface area contributed by atoms with Gasteiger partial charge in [-0.05, 0) is 25.1 Å². The van der Waals surface area contributed by atoms with E-state index in [0.29, 0.717) is 10.7 Å². The second-order valence-electron chi connectivity index (χ2n) is 3.79. The maximum Gasteiger partial charge on any atom is 0.303 e. The Balaban J connectivity index is 2.22. The van der Waals surface area contributed by atoms with Crippen LogP contribution in [0.3, 0.4) is 0 Å². The second-order valence-corrected chi connectivity index (χ2v) is 4.23. The molecule has 18 heavy (non-hydrogen) atoms. The fourth-order valence-electron chi connectivity index (χ4n) is 1.50. The molecule has 0 spiro atoms. The van der Waals surface area contributed by atoms with E-state index >= 15 is 0 Å². The highest BCUT2D eigenvalue weighted by atomic mass is 35.5. The molecule has 0 aliphatic carbocycles. The molecule has 0 N–H and O–H groups in total. The number of halogens is 1. The van der Waals surface area contributed by atoms with E-state index in [1.807, 2.05) is 12.1 Å². The highest BCUT2D eigenvalue weighted by Crippen LogP contribution is 2.16. The Morgan fingerprint density at radius 1 is 1.50 bits per heavy atom. The van der Waals surface area contributed by atoms with E-state index in [0.717, 1.165) is 5.69 Å². The molecule has 0 amide bonds. The van der Waals surface area contributed by atoms with Crippen molar-refractivity contribution >= 4 is 17.6 Å². The van der Waals surface area contributed by atoms with Gasteiger partial charge in [-0.25, -0.2) is 0 Å². The fourth-order valence-corrected chi connectivity index (χ4v) is 1.68. The SMILES string of the molecule is CC(=O)O[C@H](C)c1cnn(-c2cccc(Cl)c2)n1. The largest absolute Gasteiger partial charge is 0.456 e. The smallest absolute Gasteiger partial charge is 0.303 e. The van der Waals surface area contributed by atoms with Crippen LogP contribution in [0.1, 0.15) is 25.6 Å². The molecule has 0 unspecified atom stereocenters. The van der Waals surface area contributed by atoms with E-state index in [4.69, 9.17) is 16.3 Å². The third kappa shape index (κ3) is 2.87. The Hall–Kier alpha value is -1.88. The van der Waals surface area contributed by atoms with Crippen LogP contribution in [0.2, 0.25) is 5.02 Å². The van der Waals surface area contributed by atoms with Crippen LogP contribution in [-0.2, 0) is 9.53 Å². The molecule has 94 valence electrons. The predicted molar refractivity (Wildman–Crippen MR) is 66.6 cm³/mol. The van der Waals surface area contributed by atoms with Crippen molar-refractivity contribution < 1.29 is 9.53 Å². The lowest BCUT2D eigenvalue weighted by Gasteiger charge is -2.07. The Labute approximate surface area is 109 Å². The summed E-state index contributed by atoms with van der Waals surface area (Å²) in [6.07, 6.45) is 1.14. The van der Waals surface area contributed by atoms with E-state index in [1.165, 1.54) is 11.7 Å². The average molecular weight is 266 g/mol. The van der Waals surface area contributed by atoms with Gasteiger partial charge >= 0.3 is 5.97 Å². The third-order valence-corrected chi connectivity index (χ3v) is 2.54. The van der Waals surface area contributed by atoms with E-state index in [-0.39, 0.29) is 5.97 Å². The standard InChI is InChI=1S/C12H12ClN3O2/c1-8(18-9(2)17)12-7-14-16(15-12)11-5-3-4-10(13)6-11/h3-8H,1-2H3/t8-/m1/s1. The topological polar surface area (TPSA) is 57.0 Å². The number of benzene rings is 1. The molecule has 0 aliphatic heterocycles. The van der Waals surface area contributed by atoms with Crippen LogP contribution in [0.4, 0.5) is 0 Å². The summed E-state index contributed by atoms with van der Waals surface area (Å²) in [6, 6.07) is 7.18. The molecule has 0 aliphatic rings. The van der Waals surface area contributed by atoms with Gasteiger partial charge in [0.25, 0.3) is 0 Å². The number of rotatable bonds is 3. The van der Waals surface area contributed by atoms with Gasteiger partial charge in [0.1, 0.15) is 11.8 Å². The Morgan fingerprint density at radius 3 is 2.94 bits per heavy atom. The van der Waals surface area contributed by atoms with Crippen molar-refractivity contribution in [2.45, 2.75) is 20.0 Å². The highest BCUT2D eigenvalue weighted by Gasteiger charge is 2.13. The molecule has 2 rings (SSSR count). The summed E-state index contributed by atoms with van der Waals surface area (Å²) < 4.78 is 5.03. The van der Waals surface area contributed by atoms with E-state index in [2.05, 4.69) is 10.2 Å². The summed E-state index contributed by atoms with van der Waals surface area (Å²) in [5, 5.41) is 8.97. The summed E-state index contributed by atoms with van der Waals surface area (Å²) >= 11 is 5.89. The molecule has 0 saturated heterocycles. The molecule has 0 bridgehead atoms. The lowest BCUT2D eigenvalue weighted by atomic mass is 10.3. The summed E-state index contributed by atoms with van der Waals surface area (Å²) in [5.41, 5.74) is 1.34. The van der Waals surface area contributed by atoms with Gasteiger partial charge in [0.2, 0.25) is 0 Å². The number of carbonyl (C=O) groups is 1. The van der Waals surface area contributed by atoms with Gasteiger partial charge in [-0.3, -0.25) is 4.79 Å². The summed E-state index contributed by atoms with van der Waals surface area (Å²) in [5.74, 6) is -0.347. The minimum atomic E-state index is -0.421. The molecule has 2 aromatic rings. The van der Waals surface area contributed by atoms with Crippen molar-refractivity contribution in [2.75, 3.05) is 0 Å². The van der Waals surface area contributed by atoms with Gasteiger partial charge in [-0.1, -0.05) is 17.7 Å². The molecule has 0 radical (unpaired) electrons. The van der Waals surface area contributed by atoms with Gasteiger partial charge in [0.15, 0.2) is 0 Å². The van der Waals surface area contributed by atoms with Crippen LogP contribution < -0.4 is 0 Å². The minimum absolute atomic E-state index is 0.347. The molecular formula is C12H12ClN3O2. The average Bonchev–Trinajstić information content (AvgIpc) is 2.77. The second kappa shape index (κ2) is 5.18. The number of esters is 1. The van der Waals surface area contributed by atoms with Crippen molar-refractivity contribution in [3.8, 4) is 5.69 Å². The zero-order chi connectivity index (χ0) is 13.1. The lowest BCUT2D eigenvalue weighted by Crippen LogP contribution is -2.06. The Bertz CT molecular complexity index is 568. The van der Waals surface area contributed by atoms with Gasteiger partial charge in [-0.2, -0.15) is 9.90 Å². The number of carbonyl (C=O) groups excluding carboxylic acids is 1. The van der Waals surface area contributed by atoms with Gasteiger partial charge in [-0.15, -0.1) is 5.10 Å². The number of hydrogen-bond acceptors (Lipinski definition) is 4. The minimum Gasteiger partial charge on any atom is -0.456 e.